The van der Waals surface area contributed by atoms with Gasteiger partial charge < -0.3 is 15.2 Å². The van der Waals surface area contributed by atoms with E-state index in [-0.39, 0.29) is 0 Å². The van der Waals surface area contributed by atoms with Crippen LogP contribution in [-0.4, -0.2) is 31.4 Å². The van der Waals surface area contributed by atoms with Crippen molar-refractivity contribution in [3.63, 3.8) is 0 Å². The number of aliphatic hydroxyl groups is 1. The molecule has 0 radical (unpaired) electrons. The maximum atomic E-state index is 10.1. The van der Waals surface area contributed by atoms with Crippen LogP contribution in [0.15, 0.2) is 28.7 Å². The van der Waals surface area contributed by atoms with Gasteiger partial charge >= 0.3 is 0 Å². The Bertz CT molecular complexity index is 340. The van der Waals surface area contributed by atoms with E-state index in [1.165, 1.54) is 0 Å². The van der Waals surface area contributed by atoms with Crippen molar-refractivity contribution in [2.75, 3.05) is 20.3 Å². The molecular formula is C14H22BrNO2. The summed E-state index contributed by atoms with van der Waals surface area (Å²) in [5.74, 6) is 0. The Morgan fingerprint density at radius 2 is 2.22 bits per heavy atom. The molecule has 0 aliphatic rings. The highest BCUT2D eigenvalue weighted by molar-refractivity contribution is 9.10. The summed E-state index contributed by atoms with van der Waals surface area (Å²) >= 11 is 3.41. The summed E-state index contributed by atoms with van der Waals surface area (Å²) in [6.07, 6.45) is 1.67. The van der Waals surface area contributed by atoms with E-state index in [1.54, 1.807) is 7.11 Å². The predicted octanol–water partition coefficient (Wildman–Crippen LogP) is 2.89. The van der Waals surface area contributed by atoms with Crippen LogP contribution in [0.2, 0.25) is 0 Å². The number of hydrogen-bond donors (Lipinski definition) is 2. The molecule has 2 N–H and O–H groups in total. The van der Waals surface area contributed by atoms with Gasteiger partial charge in [-0.05, 0) is 24.1 Å². The molecule has 18 heavy (non-hydrogen) atoms. The summed E-state index contributed by atoms with van der Waals surface area (Å²) in [7, 11) is 1.70. The molecule has 0 spiro atoms. The number of nitrogens with one attached hydrogen (secondary N) is 1. The van der Waals surface area contributed by atoms with E-state index in [4.69, 9.17) is 4.74 Å². The van der Waals surface area contributed by atoms with E-state index in [0.717, 1.165) is 22.9 Å². The minimum atomic E-state index is -0.487. The Balaban J connectivity index is 2.46. The summed E-state index contributed by atoms with van der Waals surface area (Å²) in [6, 6.07) is 8.07. The number of aliphatic hydroxyl groups excluding tert-OH is 1. The maximum Gasteiger partial charge on any atom is 0.0914 e. The van der Waals surface area contributed by atoms with E-state index >= 15 is 0 Å². The molecule has 0 saturated carbocycles. The van der Waals surface area contributed by atoms with Crippen LogP contribution in [0.1, 0.15) is 31.4 Å². The first kappa shape index (κ1) is 15.6. The van der Waals surface area contributed by atoms with Gasteiger partial charge in [0, 0.05) is 24.2 Å². The largest absolute Gasteiger partial charge is 0.387 e. The Hall–Kier alpha value is -0.420. The molecule has 0 aliphatic heterocycles. The van der Waals surface area contributed by atoms with Crippen molar-refractivity contribution in [1.82, 2.24) is 5.32 Å². The van der Waals surface area contributed by atoms with Crippen molar-refractivity contribution in [2.24, 2.45) is 0 Å². The minimum Gasteiger partial charge on any atom is -0.387 e. The van der Waals surface area contributed by atoms with Crippen molar-refractivity contribution in [1.29, 1.82) is 0 Å². The molecule has 1 rings (SSSR count). The molecule has 4 heteroatoms. The van der Waals surface area contributed by atoms with Crippen molar-refractivity contribution in [2.45, 2.75) is 31.9 Å². The lowest BCUT2D eigenvalue weighted by molar-refractivity contribution is 0.136. The van der Waals surface area contributed by atoms with E-state index in [1.807, 2.05) is 24.3 Å². The third kappa shape index (κ3) is 5.48. The van der Waals surface area contributed by atoms with Gasteiger partial charge in [-0.1, -0.05) is 41.4 Å². The molecule has 3 nitrogen and oxygen atoms in total. The standard InChI is InChI=1S/C14H22BrNO2/c1-3-5-13(10-18-2)16-9-14(17)11-6-4-7-12(15)8-11/h4,6-8,13-14,16-17H,3,5,9-10H2,1-2H3. The van der Waals surface area contributed by atoms with Crippen LogP contribution in [0.4, 0.5) is 0 Å². The fourth-order valence-corrected chi connectivity index (χ4v) is 2.32. The minimum absolute atomic E-state index is 0.307. The van der Waals surface area contributed by atoms with Crippen LogP contribution in [0.5, 0.6) is 0 Å². The topological polar surface area (TPSA) is 41.5 Å². The Kier molecular flexibility index (Phi) is 7.51. The molecule has 0 amide bonds. The van der Waals surface area contributed by atoms with Crippen LogP contribution >= 0.6 is 15.9 Å². The van der Waals surface area contributed by atoms with Crippen LogP contribution in [0.25, 0.3) is 0 Å². The molecule has 0 fully saturated rings. The fourth-order valence-electron chi connectivity index (χ4n) is 1.90. The molecule has 0 bridgehead atoms. The lowest BCUT2D eigenvalue weighted by atomic mass is 10.1. The van der Waals surface area contributed by atoms with Crippen LogP contribution in [-0.2, 0) is 4.74 Å². The smallest absolute Gasteiger partial charge is 0.0914 e. The van der Waals surface area contributed by atoms with Crippen molar-refractivity contribution in [3.05, 3.63) is 34.3 Å². The van der Waals surface area contributed by atoms with Gasteiger partial charge in [-0.2, -0.15) is 0 Å². The Morgan fingerprint density at radius 3 is 2.83 bits per heavy atom. The second kappa shape index (κ2) is 8.64. The lowest BCUT2D eigenvalue weighted by Gasteiger charge is -2.20. The first-order valence-electron chi connectivity index (χ1n) is 6.33. The van der Waals surface area contributed by atoms with E-state index in [9.17, 15) is 5.11 Å². The van der Waals surface area contributed by atoms with Gasteiger partial charge in [-0.3, -0.25) is 0 Å². The SMILES string of the molecule is CCCC(COC)NCC(O)c1cccc(Br)c1. The average Bonchev–Trinajstić information content (AvgIpc) is 2.36. The number of rotatable bonds is 8. The Morgan fingerprint density at radius 1 is 1.44 bits per heavy atom. The van der Waals surface area contributed by atoms with Gasteiger partial charge in [0.1, 0.15) is 0 Å². The van der Waals surface area contributed by atoms with Gasteiger partial charge in [0.05, 0.1) is 12.7 Å². The van der Waals surface area contributed by atoms with Gasteiger partial charge in [0.25, 0.3) is 0 Å². The van der Waals surface area contributed by atoms with Crippen molar-refractivity contribution >= 4 is 15.9 Å². The number of ether oxygens (including phenoxy) is 1. The third-order valence-electron chi connectivity index (χ3n) is 2.84. The van der Waals surface area contributed by atoms with Crippen LogP contribution < -0.4 is 5.32 Å². The number of halogens is 1. The predicted molar refractivity (Wildman–Crippen MR) is 77.7 cm³/mol. The molecular weight excluding hydrogens is 294 g/mol. The molecule has 1 aromatic carbocycles. The quantitative estimate of drug-likeness (QED) is 0.775. The molecule has 1 aromatic rings. The molecule has 0 heterocycles. The Labute approximate surface area is 118 Å². The average molecular weight is 316 g/mol. The zero-order valence-electron chi connectivity index (χ0n) is 11.0. The molecule has 2 atom stereocenters. The normalized spacial score (nSPS) is 14.4. The van der Waals surface area contributed by atoms with E-state index < -0.39 is 6.10 Å². The summed E-state index contributed by atoms with van der Waals surface area (Å²) in [5, 5.41) is 13.5. The van der Waals surface area contributed by atoms with Gasteiger partial charge in [0.2, 0.25) is 0 Å². The second-order valence-electron chi connectivity index (χ2n) is 4.42. The zero-order valence-corrected chi connectivity index (χ0v) is 12.6. The third-order valence-corrected chi connectivity index (χ3v) is 3.33. The molecule has 0 aromatic heterocycles. The zero-order chi connectivity index (χ0) is 13.4. The summed E-state index contributed by atoms with van der Waals surface area (Å²) < 4.78 is 6.15. The highest BCUT2D eigenvalue weighted by Crippen LogP contribution is 2.17. The van der Waals surface area contributed by atoms with E-state index in [2.05, 4.69) is 28.2 Å². The molecule has 2 unspecified atom stereocenters. The first-order chi connectivity index (χ1) is 8.67. The van der Waals surface area contributed by atoms with Crippen molar-refractivity contribution < 1.29 is 9.84 Å². The van der Waals surface area contributed by atoms with Crippen LogP contribution in [0.3, 0.4) is 0 Å². The first-order valence-corrected chi connectivity index (χ1v) is 7.12. The lowest BCUT2D eigenvalue weighted by Crippen LogP contribution is -2.36. The van der Waals surface area contributed by atoms with Gasteiger partial charge in [-0.25, -0.2) is 0 Å². The number of hydrogen-bond acceptors (Lipinski definition) is 3. The fraction of sp³-hybridized carbons (Fsp3) is 0.571. The van der Waals surface area contributed by atoms with Crippen LogP contribution in [0, 0.1) is 0 Å². The highest BCUT2D eigenvalue weighted by Gasteiger charge is 2.11. The van der Waals surface area contributed by atoms with Gasteiger partial charge in [-0.15, -0.1) is 0 Å². The van der Waals surface area contributed by atoms with Crippen molar-refractivity contribution in [3.8, 4) is 0 Å². The summed E-state index contributed by atoms with van der Waals surface area (Å²) in [4.78, 5) is 0. The van der Waals surface area contributed by atoms with Gasteiger partial charge in [0.15, 0.2) is 0 Å². The molecule has 0 aliphatic carbocycles. The second-order valence-corrected chi connectivity index (χ2v) is 5.34. The monoisotopic (exact) mass is 315 g/mol. The number of methoxy groups -OCH3 is 1. The molecule has 0 saturated heterocycles. The number of benzene rings is 1. The summed E-state index contributed by atoms with van der Waals surface area (Å²) in [5.41, 5.74) is 0.921. The maximum absolute atomic E-state index is 10.1. The summed E-state index contributed by atoms with van der Waals surface area (Å²) in [6.45, 7) is 3.37. The van der Waals surface area contributed by atoms with E-state index in [0.29, 0.717) is 19.2 Å². The highest BCUT2D eigenvalue weighted by atomic mass is 79.9. The molecule has 102 valence electrons.